The fourth-order valence-electron chi connectivity index (χ4n) is 6.74. The number of fused-ring (bicyclic) bond motifs is 3. The van der Waals surface area contributed by atoms with Crippen molar-refractivity contribution in [1.29, 1.82) is 0 Å². The Labute approximate surface area is 148 Å². The van der Waals surface area contributed by atoms with E-state index in [1.165, 1.54) is 0 Å². The van der Waals surface area contributed by atoms with E-state index in [0.29, 0.717) is 17.1 Å². The molecule has 0 heterocycles. The van der Waals surface area contributed by atoms with Gasteiger partial charge < -0.3 is 25.5 Å². The number of rotatable bonds is 1. The Morgan fingerprint density at radius 3 is 2.40 bits per heavy atom. The van der Waals surface area contributed by atoms with Gasteiger partial charge in [0.25, 0.3) is 0 Å². The van der Waals surface area contributed by atoms with Gasteiger partial charge in [-0.3, -0.25) is 0 Å². The first-order valence-corrected chi connectivity index (χ1v) is 9.32. The second-order valence-corrected chi connectivity index (χ2v) is 9.46. The van der Waals surface area contributed by atoms with Crippen molar-refractivity contribution in [1.82, 2.24) is 0 Å². The van der Waals surface area contributed by atoms with Gasteiger partial charge in [-0.2, -0.15) is 0 Å². The predicted octanol–water partition coefficient (Wildman–Crippen LogP) is 0.607. The van der Waals surface area contributed by atoms with E-state index in [1.54, 1.807) is 19.1 Å². The van der Waals surface area contributed by atoms with E-state index in [-0.39, 0.29) is 23.2 Å². The fraction of sp³-hybridized carbons (Fsp3) is 0.800. The highest BCUT2D eigenvalue weighted by atomic mass is 16.4. The largest absolute Gasteiger partial charge is 0.392 e. The highest BCUT2D eigenvalue weighted by molar-refractivity contribution is 5.42. The normalized spacial score (nSPS) is 56.1. The van der Waals surface area contributed by atoms with E-state index in [1.807, 2.05) is 6.92 Å². The molecule has 5 N–H and O–H groups in total. The lowest BCUT2D eigenvalue weighted by Gasteiger charge is -2.51. The lowest BCUT2D eigenvalue weighted by Crippen LogP contribution is -2.66. The molecule has 2 saturated carbocycles. The molecule has 140 valence electrons. The monoisotopic (exact) mass is 350 g/mol. The summed E-state index contributed by atoms with van der Waals surface area (Å²) >= 11 is 0. The maximum absolute atomic E-state index is 11.6. The Morgan fingerprint density at radius 1 is 1.16 bits per heavy atom. The van der Waals surface area contributed by atoms with Gasteiger partial charge in [0.2, 0.25) is 0 Å². The minimum Gasteiger partial charge on any atom is -0.392 e. The summed E-state index contributed by atoms with van der Waals surface area (Å²) in [6, 6.07) is 0. The van der Waals surface area contributed by atoms with Crippen LogP contribution < -0.4 is 0 Å². The summed E-state index contributed by atoms with van der Waals surface area (Å²) in [6.07, 6.45) is 0.801. The smallest absolute Gasteiger partial charge is 0.136 e. The molecule has 4 rings (SSSR count). The zero-order valence-corrected chi connectivity index (χ0v) is 15.3. The highest BCUT2D eigenvalue weighted by Gasteiger charge is 2.75. The van der Waals surface area contributed by atoms with Crippen molar-refractivity contribution in [3.63, 3.8) is 0 Å². The highest BCUT2D eigenvalue weighted by Crippen LogP contribution is 2.72. The fourth-order valence-corrected chi connectivity index (χ4v) is 6.74. The van der Waals surface area contributed by atoms with E-state index in [0.717, 1.165) is 6.42 Å². The van der Waals surface area contributed by atoms with Gasteiger partial charge in [-0.05, 0) is 47.7 Å². The second-order valence-electron chi connectivity index (χ2n) is 9.46. The van der Waals surface area contributed by atoms with Crippen molar-refractivity contribution in [3.8, 4) is 0 Å². The zero-order chi connectivity index (χ0) is 18.5. The van der Waals surface area contributed by atoms with Crippen molar-refractivity contribution in [2.45, 2.75) is 58.0 Å². The van der Waals surface area contributed by atoms with Crippen LogP contribution in [0.1, 0.15) is 34.1 Å². The zero-order valence-electron chi connectivity index (χ0n) is 15.3. The molecule has 2 fully saturated rings. The van der Waals surface area contributed by atoms with Gasteiger partial charge in [-0.25, -0.2) is 0 Å². The molecule has 5 heteroatoms. The summed E-state index contributed by atoms with van der Waals surface area (Å²) in [5.41, 5.74) is -2.11. The Hall–Kier alpha value is -0.720. The molecule has 0 aromatic carbocycles. The van der Waals surface area contributed by atoms with Gasteiger partial charge in [0.05, 0.1) is 18.1 Å². The Balaban J connectivity index is 1.98. The number of hydrogen-bond donors (Lipinski definition) is 5. The van der Waals surface area contributed by atoms with E-state index >= 15 is 0 Å². The molecule has 4 aliphatic carbocycles. The number of hydrogen-bond acceptors (Lipinski definition) is 5. The van der Waals surface area contributed by atoms with Gasteiger partial charge in [-0.15, -0.1) is 0 Å². The molecule has 25 heavy (non-hydrogen) atoms. The third-order valence-corrected chi connectivity index (χ3v) is 8.20. The van der Waals surface area contributed by atoms with Crippen molar-refractivity contribution in [2.75, 3.05) is 6.61 Å². The minimum atomic E-state index is -1.93. The van der Waals surface area contributed by atoms with Crippen molar-refractivity contribution in [3.05, 3.63) is 23.3 Å². The predicted molar refractivity (Wildman–Crippen MR) is 92.4 cm³/mol. The Bertz CT molecular complexity index is 667. The molecule has 0 amide bonds. The molecule has 9 unspecified atom stereocenters. The SMILES string of the molecule is CC1=CC23C(C)CC4C(C(C=C(CO)C(O)C2(O)C1O)C3O)C4(C)C. The summed E-state index contributed by atoms with van der Waals surface area (Å²) in [5.74, 6) is 0.292. The summed E-state index contributed by atoms with van der Waals surface area (Å²) in [6.45, 7) is 7.72. The van der Waals surface area contributed by atoms with E-state index in [2.05, 4.69) is 13.8 Å². The summed E-state index contributed by atoms with van der Waals surface area (Å²) in [4.78, 5) is 0. The maximum Gasteiger partial charge on any atom is 0.136 e. The van der Waals surface area contributed by atoms with Gasteiger partial charge in [0, 0.05) is 5.92 Å². The number of aliphatic hydroxyl groups excluding tert-OH is 4. The lowest BCUT2D eigenvalue weighted by atomic mass is 9.58. The van der Waals surface area contributed by atoms with Crippen molar-refractivity contribution >= 4 is 0 Å². The van der Waals surface area contributed by atoms with Crippen LogP contribution in [0.2, 0.25) is 0 Å². The second kappa shape index (κ2) is 4.96. The van der Waals surface area contributed by atoms with Crippen LogP contribution in [0.25, 0.3) is 0 Å². The Kier molecular flexibility index (Phi) is 3.51. The average molecular weight is 350 g/mol. The number of aliphatic hydroxyl groups is 5. The molecule has 0 saturated heterocycles. The first kappa shape index (κ1) is 17.7. The van der Waals surface area contributed by atoms with Crippen LogP contribution in [0, 0.1) is 34.5 Å². The molecule has 1 spiro atoms. The van der Waals surface area contributed by atoms with Crippen LogP contribution in [0.4, 0.5) is 0 Å². The molecule has 0 aliphatic heterocycles. The van der Waals surface area contributed by atoms with E-state index in [9.17, 15) is 25.5 Å². The molecular formula is C20H30O5. The molecule has 4 aliphatic rings. The van der Waals surface area contributed by atoms with Gasteiger partial charge >= 0.3 is 0 Å². The standard InChI is InChI=1S/C20H30O5/c1-9-7-19-10(2)5-13-14(18(13,3)4)12(17(19)24)6-11(8-21)16(23)20(19,25)15(9)22/h6-7,10,12-17,21-25H,5,8H2,1-4H3. The van der Waals surface area contributed by atoms with Gasteiger partial charge in [0.15, 0.2) is 0 Å². The van der Waals surface area contributed by atoms with Crippen molar-refractivity contribution in [2.24, 2.45) is 34.5 Å². The first-order valence-electron chi connectivity index (χ1n) is 9.32. The van der Waals surface area contributed by atoms with Crippen LogP contribution >= 0.6 is 0 Å². The van der Waals surface area contributed by atoms with Crippen molar-refractivity contribution < 1.29 is 25.5 Å². The molecule has 0 aromatic heterocycles. The van der Waals surface area contributed by atoms with Gasteiger partial charge in [0.1, 0.15) is 17.8 Å². The van der Waals surface area contributed by atoms with Crippen LogP contribution in [0.15, 0.2) is 23.3 Å². The molecule has 2 bridgehead atoms. The third-order valence-electron chi connectivity index (χ3n) is 8.20. The van der Waals surface area contributed by atoms with Crippen LogP contribution in [-0.4, -0.2) is 56.1 Å². The summed E-state index contributed by atoms with van der Waals surface area (Å²) in [5, 5.41) is 54.7. The van der Waals surface area contributed by atoms with Gasteiger partial charge in [-0.1, -0.05) is 32.9 Å². The summed E-state index contributed by atoms with van der Waals surface area (Å²) < 4.78 is 0. The first-order chi connectivity index (χ1) is 11.5. The van der Waals surface area contributed by atoms with Crippen LogP contribution in [-0.2, 0) is 0 Å². The lowest BCUT2D eigenvalue weighted by molar-refractivity contribution is -0.215. The quantitative estimate of drug-likeness (QED) is 0.446. The minimum absolute atomic E-state index is 0.0853. The maximum atomic E-state index is 11.6. The molecule has 5 nitrogen and oxygen atoms in total. The van der Waals surface area contributed by atoms with E-state index < -0.39 is 35.9 Å². The Morgan fingerprint density at radius 2 is 1.80 bits per heavy atom. The van der Waals surface area contributed by atoms with E-state index in [4.69, 9.17) is 0 Å². The topological polar surface area (TPSA) is 101 Å². The molecule has 0 radical (unpaired) electrons. The molecule has 9 atom stereocenters. The molecular weight excluding hydrogens is 320 g/mol. The molecule has 0 aromatic rings. The summed E-state index contributed by atoms with van der Waals surface area (Å²) in [7, 11) is 0. The average Bonchev–Trinajstić information content (AvgIpc) is 3.05. The van der Waals surface area contributed by atoms with Crippen LogP contribution in [0.3, 0.4) is 0 Å². The third kappa shape index (κ3) is 1.77. The van der Waals surface area contributed by atoms with Crippen LogP contribution in [0.5, 0.6) is 0 Å².